The van der Waals surface area contributed by atoms with Gasteiger partial charge in [0.1, 0.15) is 10.7 Å². The summed E-state index contributed by atoms with van der Waals surface area (Å²) in [4.78, 5) is 11.9. The Morgan fingerprint density at radius 1 is 1.12 bits per heavy atom. The lowest BCUT2D eigenvalue weighted by Gasteiger charge is -2.16. The van der Waals surface area contributed by atoms with Crippen LogP contribution in [0.5, 0.6) is 0 Å². The number of carbonyl (C=O) groups is 1. The minimum Gasteiger partial charge on any atom is -0.324 e. The average Bonchev–Trinajstić information content (AvgIpc) is 2.60. The first kappa shape index (κ1) is 20.0. The highest BCUT2D eigenvalue weighted by atomic mass is 32.2. The highest BCUT2D eigenvalue weighted by Crippen LogP contribution is 2.16. The molecule has 2 rings (SSSR count). The van der Waals surface area contributed by atoms with Crippen molar-refractivity contribution in [2.24, 2.45) is 0 Å². The van der Waals surface area contributed by atoms with Crippen molar-refractivity contribution in [3.63, 3.8) is 0 Å². The molecule has 0 aliphatic carbocycles. The molecule has 1 amide bonds. The molecule has 8 heteroatoms. The summed E-state index contributed by atoms with van der Waals surface area (Å²) in [5.41, 5.74) is 1.47. The summed E-state index contributed by atoms with van der Waals surface area (Å²) in [5.74, 6) is -1.41. The zero-order chi connectivity index (χ0) is 19.2. The summed E-state index contributed by atoms with van der Waals surface area (Å²) in [5, 5.41) is 5.88. The molecule has 1 unspecified atom stereocenters. The fraction of sp³-hybridized carbons (Fsp3) is 0.278. The van der Waals surface area contributed by atoms with Gasteiger partial charge in [0, 0.05) is 12.2 Å². The van der Waals surface area contributed by atoms with E-state index in [0.29, 0.717) is 12.2 Å². The van der Waals surface area contributed by atoms with Crippen LogP contribution in [0.3, 0.4) is 0 Å². The van der Waals surface area contributed by atoms with Crippen molar-refractivity contribution in [2.45, 2.75) is 31.3 Å². The molecular weight excluding hydrogens is 357 g/mol. The molecule has 2 aromatic rings. The Bertz CT molecular complexity index is 871. The molecule has 0 heterocycles. The second-order valence-corrected chi connectivity index (χ2v) is 7.38. The van der Waals surface area contributed by atoms with E-state index in [1.54, 1.807) is 12.1 Å². The van der Waals surface area contributed by atoms with Gasteiger partial charge in [-0.25, -0.2) is 12.8 Å². The predicted octanol–water partition coefficient (Wildman–Crippen LogP) is 2.24. The Hall–Kier alpha value is -2.29. The van der Waals surface area contributed by atoms with Crippen LogP contribution in [-0.4, -0.2) is 26.9 Å². The highest BCUT2D eigenvalue weighted by Gasteiger charge is 2.24. The molecule has 140 valence electrons. The number of hydrogen-bond donors (Lipinski definition) is 3. The van der Waals surface area contributed by atoms with Gasteiger partial charge in [0.05, 0.1) is 6.04 Å². The van der Waals surface area contributed by atoms with Gasteiger partial charge < -0.3 is 10.6 Å². The van der Waals surface area contributed by atoms with Crippen LogP contribution < -0.4 is 15.4 Å². The summed E-state index contributed by atoms with van der Waals surface area (Å²) in [6.45, 7) is 4.73. The Morgan fingerprint density at radius 3 is 2.46 bits per heavy atom. The predicted molar refractivity (Wildman–Crippen MR) is 98.6 cm³/mol. The van der Waals surface area contributed by atoms with Crippen molar-refractivity contribution in [1.29, 1.82) is 0 Å². The number of anilines is 1. The van der Waals surface area contributed by atoms with Gasteiger partial charge >= 0.3 is 0 Å². The zero-order valence-corrected chi connectivity index (χ0v) is 15.4. The van der Waals surface area contributed by atoms with Crippen molar-refractivity contribution in [2.75, 3.05) is 11.9 Å². The van der Waals surface area contributed by atoms with Crippen molar-refractivity contribution >= 4 is 21.6 Å². The number of halogens is 1. The van der Waals surface area contributed by atoms with E-state index in [1.165, 1.54) is 19.1 Å². The molecule has 3 N–H and O–H groups in total. The number of amides is 1. The van der Waals surface area contributed by atoms with Crippen molar-refractivity contribution in [3.05, 3.63) is 59.9 Å². The van der Waals surface area contributed by atoms with Crippen LogP contribution in [0.1, 0.15) is 19.4 Å². The number of para-hydroxylation sites is 1. The van der Waals surface area contributed by atoms with Gasteiger partial charge in [-0.1, -0.05) is 37.3 Å². The molecule has 1 atom stereocenters. The van der Waals surface area contributed by atoms with E-state index in [0.717, 1.165) is 24.2 Å². The van der Waals surface area contributed by atoms with E-state index in [1.807, 2.05) is 19.1 Å². The van der Waals surface area contributed by atoms with Crippen LogP contribution >= 0.6 is 0 Å². The maximum absolute atomic E-state index is 13.7. The van der Waals surface area contributed by atoms with E-state index in [4.69, 9.17) is 0 Å². The molecule has 0 fully saturated rings. The number of benzene rings is 2. The second-order valence-electron chi connectivity index (χ2n) is 5.70. The average molecular weight is 379 g/mol. The number of nitrogens with one attached hydrogen (secondary N) is 3. The molecule has 0 aliphatic rings. The fourth-order valence-electron chi connectivity index (χ4n) is 2.31. The van der Waals surface area contributed by atoms with E-state index in [9.17, 15) is 17.6 Å². The van der Waals surface area contributed by atoms with E-state index >= 15 is 0 Å². The van der Waals surface area contributed by atoms with E-state index in [-0.39, 0.29) is 0 Å². The topological polar surface area (TPSA) is 87.3 Å². The van der Waals surface area contributed by atoms with E-state index < -0.39 is 32.7 Å². The standard InChI is InChI=1S/C18H22FN3O3S/c1-3-20-12-14-8-4-6-10-16(14)21-18(23)13(2)22-26(24,25)17-11-7-5-9-15(17)19/h4-11,13,20,22H,3,12H2,1-2H3,(H,21,23). The van der Waals surface area contributed by atoms with Gasteiger partial charge in [-0.15, -0.1) is 0 Å². The Morgan fingerprint density at radius 2 is 1.77 bits per heavy atom. The van der Waals surface area contributed by atoms with Gasteiger partial charge in [-0.3, -0.25) is 4.79 Å². The monoisotopic (exact) mass is 379 g/mol. The Balaban J connectivity index is 2.10. The normalized spacial score (nSPS) is 12.6. The van der Waals surface area contributed by atoms with Crippen molar-refractivity contribution in [1.82, 2.24) is 10.0 Å². The number of sulfonamides is 1. The first-order chi connectivity index (χ1) is 12.3. The second kappa shape index (κ2) is 8.88. The summed E-state index contributed by atoms with van der Waals surface area (Å²) in [7, 11) is -4.15. The van der Waals surface area contributed by atoms with E-state index in [2.05, 4.69) is 15.4 Å². The molecule has 0 saturated heterocycles. The number of rotatable bonds is 8. The molecule has 0 aromatic heterocycles. The fourth-order valence-corrected chi connectivity index (χ4v) is 3.59. The Labute approximate surface area is 152 Å². The van der Waals surface area contributed by atoms with Gasteiger partial charge in [-0.2, -0.15) is 4.72 Å². The largest absolute Gasteiger partial charge is 0.324 e. The van der Waals surface area contributed by atoms with Crippen LogP contribution in [0.25, 0.3) is 0 Å². The van der Waals surface area contributed by atoms with Crippen LogP contribution in [-0.2, 0) is 21.4 Å². The number of hydrogen-bond acceptors (Lipinski definition) is 4. The van der Waals surface area contributed by atoms with Crippen LogP contribution in [0, 0.1) is 5.82 Å². The summed E-state index contributed by atoms with van der Waals surface area (Å²) >= 11 is 0. The van der Waals surface area contributed by atoms with Crippen LogP contribution in [0.4, 0.5) is 10.1 Å². The molecule has 0 radical (unpaired) electrons. The van der Waals surface area contributed by atoms with Crippen molar-refractivity contribution < 1.29 is 17.6 Å². The lowest BCUT2D eigenvalue weighted by Crippen LogP contribution is -2.41. The summed E-state index contributed by atoms with van der Waals surface area (Å²) < 4.78 is 40.5. The minimum absolute atomic E-state index is 0.493. The maximum Gasteiger partial charge on any atom is 0.244 e. The van der Waals surface area contributed by atoms with Crippen molar-refractivity contribution in [3.8, 4) is 0 Å². The molecule has 0 spiro atoms. The highest BCUT2D eigenvalue weighted by molar-refractivity contribution is 7.89. The molecule has 26 heavy (non-hydrogen) atoms. The van der Waals surface area contributed by atoms with Gasteiger partial charge in [0.15, 0.2) is 0 Å². The quantitative estimate of drug-likeness (QED) is 0.656. The molecule has 0 saturated carbocycles. The Kier molecular flexibility index (Phi) is 6.84. The third-order valence-electron chi connectivity index (χ3n) is 3.69. The van der Waals surface area contributed by atoms with Gasteiger partial charge in [-0.05, 0) is 37.2 Å². The summed E-state index contributed by atoms with van der Waals surface area (Å²) in [6.07, 6.45) is 0. The molecule has 2 aromatic carbocycles. The first-order valence-electron chi connectivity index (χ1n) is 8.21. The zero-order valence-electron chi connectivity index (χ0n) is 14.6. The first-order valence-corrected chi connectivity index (χ1v) is 9.70. The number of carbonyl (C=O) groups excluding carboxylic acids is 1. The van der Waals surface area contributed by atoms with Crippen LogP contribution in [0.15, 0.2) is 53.4 Å². The maximum atomic E-state index is 13.7. The SMILES string of the molecule is CCNCc1ccccc1NC(=O)C(C)NS(=O)(=O)c1ccccc1F. The van der Waals surface area contributed by atoms with Gasteiger partial charge in [0.25, 0.3) is 0 Å². The molecule has 0 bridgehead atoms. The lowest BCUT2D eigenvalue weighted by molar-refractivity contribution is -0.117. The van der Waals surface area contributed by atoms with Crippen LogP contribution in [0.2, 0.25) is 0 Å². The molecular formula is C18H22FN3O3S. The summed E-state index contributed by atoms with van der Waals surface area (Å²) in [6, 6.07) is 11.2. The third kappa shape index (κ3) is 5.10. The molecule has 6 nitrogen and oxygen atoms in total. The lowest BCUT2D eigenvalue weighted by atomic mass is 10.1. The smallest absolute Gasteiger partial charge is 0.244 e. The third-order valence-corrected chi connectivity index (χ3v) is 5.27. The van der Waals surface area contributed by atoms with Gasteiger partial charge in [0.2, 0.25) is 15.9 Å². The minimum atomic E-state index is -4.15. The molecule has 0 aliphatic heterocycles.